The van der Waals surface area contributed by atoms with Gasteiger partial charge in [0.25, 0.3) is 0 Å². The zero-order valence-electron chi connectivity index (χ0n) is 18.8. The van der Waals surface area contributed by atoms with Gasteiger partial charge >= 0.3 is 7.82 Å². The highest BCUT2D eigenvalue weighted by atomic mass is 31.2. The molecular formula is C26H26NO7P. The summed E-state index contributed by atoms with van der Waals surface area (Å²) in [6, 6.07) is 28.0. The Morgan fingerprint density at radius 2 is 1.49 bits per heavy atom. The Bertz CT molecular complexity index is 1340. The van der Waals surface area contributed by atoms with Gasteiger partial charge in [0, 0.05) is 6.07 Å². The van der Waals surface area contributed by atoms with Gasteiger partial charge in [-0.05, 0) is 52.2 Å². The Morgan fingerprint density at radius 3 is 2.23 bits per heavy atom. The fourth-order valence-electron chi connectivity index (χ4n) is 3.52. The third kappa shape index (κ3) is 6.68. The number of fused-ring (bicyclic) bond motifs is 1. The van der Waals surface area contributed by atoms with Crippen LogP contribution in [0.2, 0.25) is 0 Å². The van der Waals surface area contributed by atoms with E-state index in [1.807, 2.05) is 66.7 Å². The number of aliphatic hydroxyl groups excluding tert-OH is 1. The minimum Gasteiger partial charge on any atom is -0.489 e. The van der Waals surface area contributed by atoms with Crippen LogP contribution in [0.1, 0.15) is 11.1 Å². The summed E-state index contributed by atoms with van der Waals surface area (Å²) >= 11 is 0. The number of ether oxygens (including phenoxy) is 2. The van der Waals surface area contributed by atoms with E-state index in [4.69, 9.17) is 25.0 Å². The molecule has 9 heteroatoms. The number of hydrogen-bond acceptors (Lipinski definition) is 6. The molecule has 0 amide bonds. The van der Waals surface area contributed by atoms with Crippen molar-refractivity contribution in [2.75, 3.05) is 13.2 Å². The summed E-state index contributed by atoms with van der Waals surface area (Å²) < 4.78 is 27.5. The van der Waals surface area contributed by atoms with E-state index in [1.54, 1.807) is 24.3 Å². The number of aliphatic hydroxyl groups is 1. The molecule has 0 aliphatic heterocycles. The fraction of sp³-hybridized carbons (Fsp3) is 0.154. The molecule has 0 saturated heterocycles. The lowest BCUT2D eigenvalue weighted by Gasteiger charge is -2.28. The minimum absolute atomic E-state index is 0.457. The van der Waals surface area contributed by atoms with Gasteiger partial charge in [0.05, 0.1) is 18.8 Å². The average molecular weight is 495 g/mol. The van der Waals surface area contributed by atoms with Crippen LogP contribution < -0.4 is 15.2 Å². The molecule has 4 aromatic rings. The van der Waals surface area contributed by atoms with Crippen molar-refractivity contribution in [3.05, 3.63) is 102 Å². The van der Waals surface area contributed by atoms with E-state index in [0.29, 0.717) is 29.4 Å². The molecule has 4 aromatic carbocycles. The van der Waals surface area contributed by atoms with Gasteiger partial charge in [-0.1, -0.05) is 54.6 Å². The number of phosphoric ester groups is 1. The van der Waals surface area contributed by atoms with Crippen LogP contribution in [0.4, 0.5) is 0 Å². The standard InChI is InChI=1S/C26H26NO7P/c27-26(17-28,18-33-35(29,30)31)22-11-9-21-14-25(12-10-20(21)13-22)34-24-8-4-7-23(15-24)32-16-19-5-2-1-3-6-19/h1-15,28H,16-18,27H2,(H2,29,30,31). The van der Waals surface area contributed by atoms with Crippen LogP contribution >= 0.6 is 7.82 Å². The van der Waals surface area contributed by atoms with E-state index >= 15 is 0 Å². The second-order valence-corrected chi connectivity index (χ2v) is 9.39. The molecule has 0 bridgehead atoms. The zero-order valence-corrected chi connectivity index (χ0v) is 19.7. The summed E-state index contributed by atoms with van der Waals surface area (Å²) in [5.74, 6) is 1.94. The Morgan fingerprint density at radius 1 is 0.800 bits per heavy atom. The summed E-state index contributed by atoms with van der Waals surface area (Å²) in [5.41, 5.74) is 6.26. The summed E-state index contributed by atoms with van der Waals surface area (Å²) in [5, 5.41) is 11.4. The smallest absolute Gasteiger partial charge is 0.469 e. The lowest BCUT2D eigenvalue weighted by molar-refractivity contribution is 0.107. The lowest BCUT2D eigenvalue weighted by atomic mass is 9.91. The van der Waals surface area contributed by atoms with Crippen molar-refractivity contribution in [3.8, 4) is 17.2 Å². The van der Waals surface area contributed by atoms with Crippen LogP contribution in [0, 0.1) is 0 Å². The van der Waals surface area contributed by atoms with Crippen molar-refractivity contribution in [1.82, 2.24) is 0 Å². The maximum atomic E-state index is 11.1. The fourth-order valence-corrected chi connectivity index (χ4v) is 3.92. The monoisotopic (exact) mass is 495 g/mol. The number of benzene rings is 4. The Labute approximate surface area is 202 Å². The van der Waals surface area contributed by atoms with E-state index in [2.05, 4.69) is 4.52 Å². The number of nitrogens with two attached hydrogens (primary N) is 1. The first-order chi connectivity index (χ1) is 16.7. The molecule has 1 atom stereocenters. The molecule has 0 aromatic heterocycles. The molecule has 5 N–H and O–H groups in total. The van der Waals surface area contributed by atoms with Crippen LogP contribution in [-0.4, -0.2) is 28.1 Å². The van der Waals surface area contributed by atoms with Crippen molar-refractivity contribution in [2.45, 2.75) is 12.1 Å². The number of rotatable bonds is 10. The normalized spacial score (nSPS) is 13.4. The van der Waals surface area contributed by atoms with E-state index in [9.17, 15) is 9.67 Å². The highest BCUT2D eigenvalue weighted by Gasteiger charge is 2.31. The Hall–Kier alpha value is -3.23. The molecule has 0 heterocycles. The summed E-state index contributed by atoms with van der Waals surface area (Å²) in [6.07, 6.45) is 0. The molecule has 0 spiro atoms. The van der Waals surface area contributed by atoms with Crippen molar-refractivity contribution >= 4 is 18.6 Å². The largest absolute Gasteiger partial charge is 0.489 e. The second kappa shape index (κ2) is 10.6. The Balaban J connectivity index is 1.48. The molecule has 35 heavy (non-hydrogen) atoms. The molecule has 1 unspecified atom stereocenters. The maximum absolute atomic E-state index is 11.1. The van der Waals surface area contributed by atoms with Crippen LogP contribution in [0.5, 0.6) is 17.2 Å². The van der Waals surface area contributed by atoms with Gasteiger partial charge in [-0.25, -0.2) is 4.57 Å². The summed E-state index contributed by atoms with van der Waals surface area (Å²) in [4.78, 5) is 18.0. The molecule has 0 radical (unpaired) electrons. The topological polar surface area (TPSA) is 131 Å². The summed E-state index contributed by atoms with van der Waals surface area (Å²) in [7, 11) is -4.72. The molecule has 8 nitrogen and oxygen atoms in total. The van der Waals surface area contributed by atoms with Crippen molar-refractivity contribution in [1.29, 1.82) is 0 Å². The number of hydrogen-bond donors (Lipinski definition) is 4. The molecule has 4 rings (SSSR count). The Kier molecular flexibility index (Phi) is 7.52. The molecule has 0 saturated carbocycles. The first-order valence-corrected chi connectivity index (χ1v) is 12.4. The summed E-state index contributed by atoms with van der Waals surface area (Å²) in [6.45, 7) is -0.635. The van der Waals surface area contributed by atoms with Gasteiger partial charge in [0.2, 0.25) is 0 Å². The highest BCUT2D eigenvalue weighted by molar-refractivity contribution is 7.46. The van der Waals surface area contributed by atoms with Crippen molar-refractivity contribution in [2.24, 2.45) is 5.73 Å². The van der Waals surface area contributed by atoms with E-state index in [-0.39, 0.29) is 0 Å². The third-order valence-electron chi connectivity index (χ3n) is 5.45. The van der Waals surface area contributed by atoms with Gasteiger partial charge in [-0.2, -0.15) is 0 Å². The van der Waals surface area contributed by atoms with Gasteiger partial charge in [0.15, 0.2) is 0 Å². The predicted octanol–water partition coefficient (Wildman–Crippen LogP) is 4.47. The molecule has 0 aliphatic carbocycles. The van der Waals surface area contributed by atoms with Crippen LogP contribution in [0.25, 0.3) is 10.8 Å². The molecule has 0 aliphatic rings. The average Bonchev–Trinajstić information content (AvgIpc) is 2.86. The quantitative estimate of drug-likeness (QED) is 0.237. The molecule has 182 valence electrons. The second-order valence-electron chi connectivity index (χ2n) is 8.15. The van der Waals surface area contributed by atoms with Crippen LogP contribution in [0.15, 0.2) is 91.0 Å². The minimum atomic E-state index is -4.72. The maximum Gasteiger partial charge on any atom is 0.469 e. The predicted molar refractivity (Wildman–Crippen MR) is 132 cm³/mol. The first kappa shape index (κ1) is 24.9. The van der Waals surface area contributed by atoms with Gasteiger partial charge in [0.1, 0.15) is 23.9 Å². The van der Waals surface area contributed by atoms with E-state index in [1.165, 1.54) is 0 Å². The van der Waals surface area contributed by atoms with E-state index < -0.39 is 26.6 Å². The highest BCUT2D eigenvalue weighted by Crippen LogP contribution is 2.38. The van der Waals surface area contributed by atoms with Crippen LogP contribution in [0.3, 0.4) is 0 Å². The first-order valence-electron chi connectivity index (χ1n) is 10.8. The third-order valence-corrected chi connectivity index (χ3v) is 5.91. The van der Waals surface area contributed by atoms with Crippen LogP contribution in [-0.2, 0) is 21.2 Å². The van der Waals surface area contributed by atoms with Crippen molar-refractivity contribution in [3.63, 3.8) is 0 Å². The molecule has 0 fully saturated rings. The lowest BCUT2D eigenvalue weighted by Crippen LogP contribution is -2.44. The van der Waals surface area contributed by atoms with Crippen molar-refractivity contribution < 1.29 is 33.5 Å². The number of phosphoric acid groups is 1. The SMILES string of the molecule is NC(CO)(COP(=O)(O)O)c1ccc2cc(Oc3cccc(OCc4ccccc4)c3)ccc2c1. The van der Waals surface area contributed by atoms with Gasteiger partial charge < -0.3 is 30.1 Å². The van der Waals surface area contributed by atoms with Gasteiger partial charge in [-0.3, -0.25) is 4.52 Å². The zero-order chi connectivity index (χ0) is 24.9. The van der Waals surface area contributed by atoms with E-state index in [0.717, 1.165) is 16.3 Å². The van der Waals surface area contributed by atoms with Gasteiger partial charge in [-0.15, -0.1) is 0 Å². The molecular weight excluding hydrogens is 469 g/mol.